The Balaban J connectivity index is 1.82. The Labute approximate surface area is 162 Å². The van der Waals surface area contributed by atoms with Gasteiger partial charge in [0.2, 0.25) is 0 Å². The lowest BCUT2D eigenvalue weighted by Crippen LogP contribution is -2.51. The summed E-state index contributed by atoms with van der Waals surface area (Å²) in [6.45, 7) is 9.36. The number of carbonyl (C=O) groups excluding carboxylic acids is 2. The van der Waals surface area contributed by atoms with E-state index in [1.807, 2.05) is 27.7 Å². The normalized spacial score (nSPS) is 32.0. The highest BCUT2D eigenvalue weighted by Crippen LogP contribution is 2.43. The van der Waals surface area contributed by atoms with Crippen LogP contribution in [0.15, 0.2) is 0 Å². The summed E-state index contributed by atoms with van der Waals surface area (Å²) in [6, 6.07) is 0. The van der Waals surface area contributed by atoms with E-state index in [-0.39, 0.29) is 42.6 Å². The van der Waals surface area contributed by atoms with Gasteiger partial charge >= 0.3 is 5.97 Å². The molecule has 0 aliphatic carbocycles. The summed E-state index contributed by atoms with van der Waals surface area (Å²) in [6.07, 6.45) is 4.41. The number of aliphatic hydroxyl groups excluding tert-OH is 1. The predicted molar refractivity (Wildman–Crippen MR) is 101 cm³/mol. The van der Waals surface area contributed by atoms with E-state index in [2.05, 4.69) is 0 Å². The number of ether oxygens (including phenoxy) is 3. The Hall–Kier alpha value is -0.980. The monoisotopic (exact) mass is 384 g/mol. The molecule has 5 atom stereocenters. The van der Waals surface area contributed by atoms with Gasteiger partial charge in [-0.05, 0) is 59.8 Å². The van der Waals surface area contributed by atoms with Crippen LogP contribution in [-0.4, -0.2) is 54.0 Å². The minimum atomic E-state index is -0.661. The third-order valence-electron chi connectivity index (χ3n) is 5.76. The van der Waals surface area contributed by atoms with Crippen LogP contribution in [-0.2, 0) is 23.8 Å². The summed E-state index contributed by atoms with van der Waals surface area (Å²) in [5.41, 5.74) is -1.15. The van der Waals surface area contributed by atoms with E-state index in [1.165, 1.54) is 0 Å². The first kappa shape index (κ1) is 22.3. The van der Waals surface area contributed by atoms with Gasteiger partial charge in [-0.3, -0.25) is 9.59 Å². The van der Waals surface area contributed by atoms with E-state index < -0.39 is 11.0 Å². The van der Waals surface area contributed by atoms with Crippen molar-refractivity contribution in [1.29, 1.82) is 0 Å². The van der Waals surface area contributed by atoms with E-state index in [1.54, 1.807) is 6.92 Å². The lowest BCUT2D eigenvalue weighted by molar-refractivity contribution is -0.186. The first-order valence-electron chi connectivity index (χ1n) is 10.2. The lowest BCUT2D eigenvalue weighted by Gasteiger charge is -2.41. The molecule has 156 valence electrons. The van der Waals surface area contributed by atoms with Crippen molar-refractivity contribution in [3.63, 3.8) is 0 Å². The van der Waals surface area contributed by atoms with Crippen LogP contribution in [0.3, 0.4) is 0 Å². The van der Waals surface area contributed by atoms with Crippen molar-refractivity contribution >= 4 is 11.8 Å². The molecule has 2 heterocycles. The zero-order valence-corrected chi connectivity index (χ0v) is 17.5. The van der Waals surface area contributed by atoms with Crippen molar-refractivity contribution in [3.8, 4) is 0 Å². The van der Waals surface area contributed by atoms with Crippen LogP contribution in [0.1, 0.15) is 73.1 Å². The molecule has 2 saturated heterocycles. The molecule has 0 saturated carbocycles. The maximum atomic E-state index is 11.8. The zero-order chi connectivity index (χ0) is 20.2. The molecule has 0 bridgehead atoms. The summed E-state index contributed by atoms with van der Waals surface area (Å²) in [5, 5.41) is 10.0. The molecule has 2 aliphatic rings. The maximum Gasteiger partial charge on any atom is 0.311 e. The standard InChI is InChI=1S/C21H36O6/c1-14(15(2)23)11-16-8-9-18-21(13-22,27-16)12-17(26-18)7-6-10-25-19(24)20(3,4)5/h14,16-18,22H,6-13H2,1-5H3/t14-,16-,17+,18+,21-/m1/s1. The number of fused-ring (bicyclic) bond motifs is 1. The number of ketones is 1. The number of hydrogen-bond donors (Lipinski definition) is 1. The molecule has 2 rings (SSSR count). The van der Waals surface area contributed by atoms with Crippen molar-refractivity contribution in [2.24, 2.45) is 11.3 Å². The van der Waals surface area contributed by atoms with Crippen LogP contribution < -0.4 is 0 Å². The summed E-state index contributed by atoms with van der Waals surface area (Å²) < 4.78 is 17.7. The van der Waals surface area contributed by atoms with Crippen molar-refractivity contribution in [2.75, 3.05) is 13.2 Å². The van der Waals surface area contributed by atoms with Gasteiger partial charge in [0, 0.05) is 12.3 Å². The Morgan fingerprint density at radius 1 is 1.26 bits per heavy atom. The van der Waals surface area contributed by atoms with Crippen molar-refractivity contribution < 1.29 is 28.9 Å². The van der Waals surface area contributed by atoms with Crippen LogP contribution in [0.4, 0.5) is 0 Å². The van der Waals surface area contributed by atoms with Crippen LogP contribution in [0.25, 0.3) is 0 Å². The van der Waals surface area contributed by atoms with Crippen LogP contribution >= 0.6 is 0 Å². The molecule has 27 heavy (non-hydrogen) atoms. The van der Waals surface area contributed by atoms with E-state index >= 15 is 0 Å². The molecular weight excluding hydrogens is 348 g/mol. The first-order chi connectivity index (χ1) is 12.6. The Kier molecular flexibility index (Phi) is 7.45. The van der Waals surface area contributed by atoms with E-state index in [4.69, 9.17) is 14.2 Å². The van der Waals surface area contributed by atoms with Crippen LogP contribution in [0.2, 0.25) is 0 Å². The molecule has 2 fully saturated rings. The molecule has 1 N–H and O–H groups in total. The number of Topliss-reactive ketones (excluding diaryl/α,β-unsaturated/α-hetero) is 1. The van der Waals surface area contributed by atoms with Gasteiger partial charge in [0.05, 0.1) is 36.9 Å². The van der Waals surface area contributed by atoms with Crippen LogP contribution in [0.5, 0.6) is 0 Å². The molecule has 6 nitrogen and oxygen atoms in total. The van der Waals surface area contributed by atoms with E-state index in [0.717, 1.165) is 25.7 Å². The average Bonchev–Trinajstić information content (AvgIpc) is 2.95. The molecule has 0 aromatic rings. The van der Waals surface area contributed by atoms with Gasteiger partial charge in [-0.15, -0.1) is 0 Å². The Morgan fingerprint density at radius 3 is 2.56 bits per heavy atom. The second kappa shape index (κ2) is 9.01. The average molecular weight is 385 g/mol. The maximum absolute atomic E-state index is 11.8. The van der Waals surface area contributed by atoms with Gasteiger partial charge in [-0.25, -0.2) is 0 Å². The number of esters is 1. The molecule has 0 amide bonds. The topological polar surface area (TPSA) is 82.1 Å². The number of rotatable bonds is 8. The molecule has 0 aromatic carbocycles. The molecule has 0 aromatic heterocycles. The SMILES string of the molecule is CC(=O)[C@H](C)C[C@H]1CC[C@@H]2O[C@@H](CCCOC(=O)C(C)(C)C)C[C@]2(CO)O1. The van der Waals surface area contributed by atoms with Crippen molar-refractivity contribution in [1.82, 2.24) is 0 Å². The fourth-order valence-electron chi connectivity index (χ4n) is 3.90. The number of carbonyl (C=O) groups is 2. The van der Waals surface area contributed by atoms with Gasteiger partial charge < -0.3 is 19.3 Å². The first-order valence-corrected chi connectivity index (χ1v) is 10.2. The minimum Gasteiger partial charge on any atom is -0.465 e. The third kappa shape index (κ3) is 5.75. The Morgan fingerprint density at radius 2 is 1.96 bits per heavy atom. The van der Waals surface area contributed by atoms with Gasteiger partial charge in [-0.1, -0.05) is 6.92 Å². The molecule has 6 heteroatoms. The highest BCUT2D eigenvalue weighted by atomic mass is 16.6. The number of aliphatic hydroxyl groups is 1. The zero-order valence-electron chi connectivity index (χ0n) is 17.5. The van der Waals surface area contributed by atoms with Gasteiger partial charge in [0.1, 0.15) is 11.4 Å². The molecular formula is C21H36O6. The summed E-state index contributed by atoms with van der Waals surface area (Å²) in [7, 11) is 0. The molecule has 2 aliphatic heterocycles. The fraction of sp³-hybridized carbons (Fsp3) is 0.905. The van der Waals surface area contributed by atoms with Gasteiger partial charge in [0.25, 0.3) is 0 Å². The summed E-state index contributed by atoms with van der Waals surface area (Å²) in [4.78, 5) is 23.3. The lowest BCUT2D eigenvalue weighted by atomic mass is 9.84. The molecule has 0 unspecified atom stereocenters. The number of hydrogen-bond acceptors (Lipinski definition) is 6. The fourth-order valence-corrected chi connectivity index (χ4v) is 3.90. The Bertz CT molecular complexity index is 525. The highest BCUT2D eigenvalue weighted by Gasteiger charge is 2.52. The summed E-state index contributed by atoms with van der Waals surface area (Å²) >= 11 is 0. The largest absolute Gasteiger partial charge is 0.465 e. The second-order valence-electron chi connectivity index (χ2n) is 9.27. The van der Waals surface area contributed by atoms with Gasteiger partial charge in [-0.2, -0.15) is 0 Å². The molecule has 0 radical (unpaired) electrons. The summed E-state index contributed by atoms with van der Waals surface area (Å²) in [5.74, 6) is -0.0526. The quantitative estimate of drug-likeness (QED) is 0.512. The molecule has 0 spiro atoms. The van der Waals surface area contributed by atoms with Gasteiger partial charge in [0.15, 0.2) is 0 Å². The highest BCUT2D eigenvalue weighted by molar-refractivity contribution is 5.77. The third-order valence-corrected chi connectivity index (χ3v) is 5.76. The smallest absolute Gasteiger partial charge is 0.311 e. The van der Waals surface area contributed by atoms with E-state index in [0.29, 0.717) is 19.4 Å². The minimum absolute atomic E-state index is 0.000491. The second-order valence-corrected chi connectivity index (χ2v) is 9.27. The van der Waals surface area contributed by atoms with Crippen molar-refractivity contribution in [2.45, 2.75) is 97.1 Å². The van der Waals surface area contributed by atoms with Crippen LogP contribution in [0, 0.1) is 11.3 Å². The predicted octanol–water partition coefficient (Wildman–Crippen LogP) is 3.04. The van der Waals surface area contributed by atoms with Crippen molar-refractivity contribution in [3.05, 3.63) is 0 Å². The van der Waals surface area contributed by atoms with E-state index in [9.17, 15) is 14.7 Å².